The molecule has 2 aromatic rings. The molecule has 2 aromatic carbocycles. The van der Waals surface area contributed by atoms with E-state index < -0.39 is 6.09 Å². The number of carbonyl (C=O) groups excluding carboxylic acids is 2. The molecule has 2 aliphatic rings. The van der Waals surface area contributed by atoms with Crippen molar-refractivity contribution in [1.29, 1.82) is 0 Å². The van der Waals surface area contributed by atoms with Crippen molar-refractivity contribution in [2.75, 3.05) is 76.4 Å². The van der Waals surface area contributed by atoms with E-state index in [9.17, 15) is 9.59 Å². The van der Waals surface area contributed by atoms with E-state index in [1.54, 1.807) is 19.0 Å². The molecular formula is C29H39ClN4O4. The van der Waals surface area contributed by atoms with Gasteiger partial charge in [0.15, 0.2) is 0 Å². The lowest BCUT2D eigenvalue weighted by Crippen LogP contribution is -2.46. The van der Waals surface area contributed by atoms with Crippen LogP contribution in [0.4, 0.5) is 16.2 Å². The smallest absolute Gasteiger partial charge is 0.409 e. The zero-order valence-electron chi connectivity index (χ0n) is 22.7. The highest BCUT2D eigenvalue weighted by molar-refractivity contribution is 6.34. The number of anilines is 2. The standard InChI is InChI=1S/C29H39ClN4O4/c1-22-7-6-8-25(28(22)30)33-16-14-32(15-17-33)13-4-5-19-37-24-11-9-23-10-12-27(35)34(26(23)21-24)18-20-38-29(36)31(2)3/h6-9,11,21H,4-5,10,12-20H2,1-3H3. The van der Waals surface area contributed by atoms with Crippen LogP contribution in [0.5, 0.6) is 5.75 Å². The number of rotatable bonds is 10. The van der Waals surface area contributed by atoms with Crippen LogP contribution >= 0.6 is 11.6 Å². The van der Waals surface area contributed by atoms with E-state index in [0.717, 1.165) is 78.8 Å². The normalized spacial score (nSPS) is 15.8. The second-order valence-electron chi connectivity index (χ2n) is 10.1. The van der Waals surface area contributed by atoms with Crippen LogP contribution in [0.3, 0.4) is 0 Å². The van der Waals surface area contributed by atoms with Crippen molar-refractivity contribution in [1.82, 2.24) is 9.80 Å². The Morgan fingerprint density at radius 2 is 1.76 bits per heavy atom. The van der Waals surface area contributed by atoms with Gasteiger partial charge in [-0.25, -0.2) is 4.79 Å². The number of fused-ring (bicyclic) bond motifs is 1. The van der Waals surface area contributed by atoms with Gasteiger partial charge in [-0.2, -0.15) is 0 Å². The van der Waals surface area contributed by atoms with Crippen LogP contribution in [0.2, 0.25) is 5.02 Å². The van der Waals surface area contributed by atoms with Gasteiger partial charge in [0.2, 0.25) is 5.91 Å². The maximum atomic E-state index is 12.6. The summed E-state index contributed by atoms with van der Waals surface area (Å²) >= 11 is 6.52. The molecular weight excluding hydrogens is 504 g/mol. The summed E-state index contributed by atoms with van der Waals surface area (Å²) in [6.07, 6.45) is 2.79. The monoisotopic (exact) mass is 542 g/mol. The lowest BCUT2D eigenvalue weighted by atomic mass is 10.0. The van der Waals surface area contributed by atoms with Crippen molar-refractivity contribution >= 4 is 35.0 Å². The molecule has 9 heteroatoms. The first-order chi connectivity index (χ1) is 18.3. The van der Waals surface area contributed by atoms with E-state index in [1.807, 2.05) is 18.2 Å². The van der Waals surface area contributed by atoms with Crippen molar-refractivity contribution in [2.45, 2.75) is 32.6 Å². The molecule has 0 unspecified atom stereocenters. The molecule has 1 saturated heterocycles. The Kier molecular flexibility index (Phi) is 9.74. The van der Waals surface area contributed by atoms with Gasteiger partial charge in [-0.05, 0) is 56.0 Å². The topological polar surface area (TPSA) is 65.6 Å². The number of ether oxygens (including phenoxy) is 2. The Hall–Kier alpha value is -2.97. The molecule has 0 atom stereocenters. The van der Waals surface area contributed by atoms with Crippen LogP contribution in [-0.4, -0.2) is 88.4 Å². The van der Waals surface area contributed by atoms with E-state index in [2.05, 4.69) is 34.9 Å². The fourth-order valence-corrected chi connectivity index (χ4v) is 5.17. The zero-order valence-corrected chi connectivity index (χ0v) is 23.5. The predicted octanol–water partition coefficient (Wildman–Crippen LogP) is 4.61. The molecule has 0 bridgehead atoms. The Morgan fingerprint density at radius 3 is 2.53 bits per heavy atom. The number of unbranched alkanes of at least 4 members (excludes halogenated alkanes) is 1. The van der Waals surface area contributed by atoms with E-state index in [4.69, 9.17) is 21.1 Å². The Balaban J connectivity index is 1.19. The van der Waals surface area contributed by atoms with Crippen LogP contribution in [-0.2, 0) is 16.0 Å². The number of amides is 2. The van der Waals surface area contributed by atoms with Crippen LogP contribution in [0.25, 0.3) is 0 Å². The molecule has 0 spiro atoms. The first-order valence-electron chi connectivity index (χ1n) is 13.5. The van der Waals surface area contributed by atoms with E-state index in [-0.39, 0.29) is 12.5 Å². The minimum absolute atomic E-state index is 0.0420. The van der Waals surface area contributed by atoms with E-state index in [0.29, 0.717) is 26.0 Å². The number of hydrogen-bond acceptors (Lipinski definition) is 6. The summed E-state index contributed by atoms with van der Waals surface area (Å²) < 4.78 is 11.3. The van der Waals surface area contributed by atoms with Crippen LogP contribution in [0.15, 0.2) is 36.4 Å². The van der Waals surface area contributed by atoms with Crippen LogP contribution in [0.1, 0.15) is 30.4 Å². The summed E-state index contributed by atoms with van der Waals surface area (Å²) in [7, 11) is 3.27. The Morgan fingerprint density at radius 1 is 0.974 bits per heavy atom. The van der Waals surface area contributed by atoms with Gasteiger partial charge in [-0.1, -0.05) is 29.8 Å². The minimum Gasteiger partial charge on any atom is -0.494 e. The fourth-order valence-electron chi connectivity index (χ4n) is 4.92. The van der Waals surface area contributed by atoms with Crippen molar-refractivity contribution in [3.8, 4) is 5.75 Å². The summed E-state index contributed by atoms with van der Waals surface area (Å²) in [6, 6.07) is 12.2. The summed E-state index contributed by atoms with van der Waals surface area (Å²) in [5, 5.41) is 0.862. The second-order valence-corrected chi connectivity index (χ2v) is 10.5. The molecule has 0 saturated carbocycles. The van der Waals surface area contributed by atoms with Crippen molar-refractivity contribution in [2.24, 2.45) is 0 Å². The fraction of sp³-hybridized carbons (Fsp3) is 0.517. The van der Waals surface area contributed by atoms with Crippen LogP contribution < -0.4 is 14.5 Å². The average Bonchev–Trinajstić information content (AvgIpc) is 2.91. The molecule has 0 N–H and O–H groups in total. The van der Waals surface area contributed by atoms with Crippen molar-refractivity contribution in [3.05, 3.63) is 52.5 Å². The third-order valence-corrected chi connectivity index (χ3v) is 7.68. The number of carbonyl (C=O) groups is 2. The van der Waals surface area contributed by atoms with Gasteiger partial charge in [0.05, 0.1) is 29.5 Å². The number of piperazine rings is 1. The largest absolute Gasteiger partial charge is 0.494 e. The SMILES string of the molecule is Cc1cccc(N2CCN(CCCCOc3ccc4c(c3)N(CCOC(=O)N(C)C)C(=O)CC4)CC2)c1Cl. The number of halogens is 1. The first kappa shape index (κ1) is 28.0. The molecule has 1 fully saturated rings. The van der Waals surface area contributed by atoms with E-state index in [1.165, 1.54) is 4.90 Å². The third-order valence-electron chi connectivity index (χ3n) is 7.18. The lowest BCUT2D eigenvalue weighted by Gasteiger charge is -2.36. The minimum atomic E-state index is -0.413. The predicted molar refractivity (Wildman–Crippen MR) is 152 cm³/mol. The van der Waals surface area contributed by atoms with Gasteiger partial charge in [-0.3, -0.25) is 9.69 Å². The molecule has 8 nitrogen and oxygen atoms in total. The molecule has 0 radical (unpaired) electrons. The highest BCUT2D eigenvalue weighted by Gasteiger charge is 2.25. The van der Waals surface area contributed by atoms with Crippen molar-refractivity contribution in [3.63, 3.8) is 0 Å². The van der Waals surface area contributed by atoms with Gasteiger partial charge in [0.25, 0.3) is 0 Å². The summed E-state index contributed by atoms with van der Waals surface area (Å²) in [5.74, 6) is 0.803. The number of benzene rings is 2. The highest BCUT2D eigenvalue weighted by atomic mass is 35.5. The maximum absolute atomic E-state index is 12.6. The molecule has 2 aliphatic heterocycles. The number of nitrogens with zero attached hydrogens (tertiary/aromatic N) is 4. The average molecular weight is 543 g/mol. The number of hydrogen-bond donors (Lipinski definition) is 0. The summed E-state index contributed by atoms with van der Waals surface area (Å²) in [6.45, 7) is 8.25. The third kappa shape index (κ3) is 7.11. The van der Waals surface area contributed by atoms with Gasteiger partial charge < -0.3 is 24.2 Å². The maximum Gasteiger partial charge on any atom is 0.409 e. The van der Waals surface area contributed by atoms with Gasteiger partial charge >= 0.3 is 6.09 Å². The summed E-state index contributed by atoms with van der Waals surface area (Å²) in [4.78, 5) is 32.3. The Bertz CT molecular complexity index is 1120. The first-order valence-corrected chi connectivity index (χ1v) is 13.8. The van der Waals surface area contributed by atoms with Crippen LogP contribution in [0, 0.1) is 6.92 Å². The Labute approximate surface area is 231 Å². The molecule has 0 aliphatic carbocycles. The lowest BCUT2D eigenvalue weighted by molar-refractivity contribution is -0.119. The highest BCUT2D eigenvalue weighted by Crippen LogP contribution is 2.32. The summed E-state index contributed by atoms with van der Waals surface area (Å²) in [5.41, 5.74) is 4.23. The van der Waals surface area contributed by atoms with Crippen molar-refractivity contribution < 1.29 is 19.1 Å². The molecule has 2 heterocycles. The molecule has 206 valence electrons. The molecule has 0 aromatic heterocycles. The van der Waals surface area contributed by atoms with Gasteiger partial charge in [-0.15, -0.1) is 0 Å². The molecule has 2 amide bonds. The van der Waals surface area contributed by atoms with E-state index >= 15 is 0 Å². The second kappa shape index (κ2) is 13.2. The quantitative estimate of drug-likeness (QED) is 0.409. The molecule has 4 rings (SSSR count). The zero-order chi connectivity index (χ0) is 27.1. The van der Waals surface area contributed by atoms with Gasteiger partial charge in [0.1, 0.15) is 12.4 Å². The number of aryl methyl sites for hydroxylation is 2. The van der Waals surface area contributed by atoms with Gasteiger partial charge in [0, 0.05) is 52.8 Å². The molecule has 38 heavy (non-hydrogen) atoms.